The first-order valence-corrected chi connectivity index (χ1v) is 8.98. The molecule has 26 heavy (non-hydrogen) atoms. The van der Waals surface area contributed by atoms with E-state index in [4.69, 9.17) is 9.47 Å². The quantitative estimate of drug-likeness (QED) is 0.616. The Balaban J connectivity index is 1.66. The number of ether oxygens (including phenoxy) is 2. The summed E-state index contributed by atoms with van der Waals surface area (Å²) in [7, 11) is 1.59. The van der Waals surface area contributed by atoms with Crippen LogP contribution in [0.25, 0.3) is 22.0 Å². The summed E-state index contributed by atoms with van der Waals surface area (Å²) in [6, 6.07) is 13.3. The van der Waals surface area contributed by atoms with Crippen molar-refractivity contribution in [1.29, 1.82) is 0 Å². The van der Waals surface area contributed by atoms with Crippen molar-refractivity contribution in [3.05, 3.63) is 54.0 Å². The molecular formula is C19H19N3O3S. The summed E-state index contributed by atoms with van der Waals surface area (Å²) in [4.78, 5) is 20.9. The van der Waals surface area contributed by atoms with Crippen molar-refractivity contribution in [2.75, 3.05) is 32.2 Å². The average molecular weight is 369 g/mol. The summed E-state index contributed by atoms with van der Waals surface area (Å²) in [6.07, 6.45) is 1.75. The molecule has 0 atom stereocenters. The van der Waals surface area contributed by atoms with Gasteiger partial charge in [0.25, 0.3) is 0 Å². The van der Waals surface area contributed by atoms with Crippen LogP contribution in [0, 0.1) is 0 Å². The van der Waals surface area contributed by atoms with Gasteiger partial charge in [0.05, 0.1) is 24.6 Å². The second-order valence-corrected chi connectivity index (χ2v) is 6.29. The Hall–Kier alpha value is -2.61. The zero-order valence-corrected chi connectivity index (χ0v) is 15.2. The molecular weight excluding hydrogens is 350 g/mol. The minimum Gasteiger partial charge on any atom is -0.382 e. The van der Waals surface area contributed by atoms with Crippen LogP contribution < -0.4 is 5.32 Å². The third-order valence-corrected chi connectivity index (χ3v) is 4.36. The second kappa shape index (κ2) is 9.19. The molecule has 3 aromatic rings. The van der Waals surface area contributed by atoms with Crippen LogP contribution in [0.4, 0.5) is 5.69 Å². The maximum atomic E-state index is 11.9. The first-order chi connectivity index (χ1) is 12.8. The van der Waals surface area contributed by atoms with Gasteiger partial charge in [0.2, 0.25) is 5.91 Å². The summed E-state index contributed by atoms with van der Waals surface area (Å²) in [6.45, 7) is 0.846. The Morgan fingerprint density at radius 2 is 2.08 bits per heavy atom. The molecule has 6 nitrogen and oxygen atoms in total. The molecule has 1 aromatic carbocycles. The van der Waals surface area contributed by atoms with E-state index in [-0.39, 0.29) is 12.5 Å². The molecule has 0 unspecified atom stereocenters. The molecule has 1 amide bonds. The Labute approximate surface area is 155 Å². The summed E-state index contributed by atoms with van der Waals surface area (Å²) < 4.78 is 10.1. The minimum atomic E-state index is -0.203. The minimum absolute atomic E-state index is 0.00584. The summed E-state index contributed by atoms with van der Waals surface area (Å²) in [5.74, 6) is -0.203. The van der Waals surface area contributed by atoms with Gasteiger partial charge in [0.1, 0.15) is 11.6 Å². The van der Waals surface area contributed by atoms with Crippen LogP contribution in [0.2, 0.25) is 0 Å². The third-order valence-electron chi connectivity index (χ3n) is 3.50. The van der Waals surface area contributed by atoms with E-state index >= 15 is 0 Å². The highest BCUT2D eigenvalue weighted by molar-refractivity contribution is 7.13. The van der Waals surface area contributed by atoms with Crippen LogP contribution in [0.1, 0.15) is 0 Å². The van der Waals surface area contributed by atoms with Crippen molar-refractivity contribution in [2.24, 2.45) is 0 Å². The number of carbonyl (C=O) groups excluding carboxylic acids is 1. The van der Waals surface area contributed by atoms with Crippen molar-refractivity contribution in [2.45, 2.75) is 0 Å². The average Bonchev–Trinajstić information content (AvgIpc) is 3.16. The second-order valence-electron chi connectivity index (χ2n) is 5.43. The fourth-order valence-corrected chi connectivity index (χ4v) is 3.08. The smallest absolute Gasteiger partial charge is 0.250 e. The van der Waals surface area contributed by atoms with E-state index in [1.165, 1.54) is 0 Å². The summed E-state index contributed by atoms with van der Waals surface area (Å²) in [5, 5.41) is 5.67. The molecule has 3 rings (SSSR count). The highest BCUT2D eigenvalue weighted by Gasteiger charge is 2.09. The first-order valence-electron chi connectivity index (χ1n) is 8.10. The third kappa shape index (κ3) is 4.95. The Kier molecular flexibility index (Phi) is 6.43. The van der Waals surface area contributed by atoms with Crippen molar-refractivity contribution >= 4 is 22.9 Å². The lowest BCUT2D eigenvalue weighted by Crippen LogP contribution is -2.19. The molecule has 0 aliphatic heterocycles. The molecule has 2 heterocycles. The van der Waals surface area contributed by atoms with E-state index in [9.17, 15) is 4.79 Å². The van der Waals surface area contributed by atoms with Crippen molar-refractivity contribution in [3.63, 3.8) is 0 Å². The predicted molar refractivity (Wildman–Crippen MR) is 102 cm³/mol. The molecule has 2 aromatic heterocycles. The van der Waals surface area contributed by atoms with Crippen LogP contribution in [0.15, 0.2) is 54.0 Å². The number of pyridine rings is 1. The van der Waals surface area contributed by atoms with Gasteiger partial charge in [-0.05, 0) is 24.3 Å². The van der Waals surface area contributed by atoms with Crippen molar-refractivity contribution in [3.8, 4) is 22.0 Å². The zero-order chi connectivity index (χ0) is 18.2. The Morgan fingerprint density at radius 3 is 2.88 bits per heavy atom. The molecule has 0 radical (unpaired) electrons. The number of thiazole rings is 1. The number of rotatable bonds is 8. The molecule has 7 heteroatoms. The van der Waals surface area contributed by atoms with E-state index < -0.39 is 0 Å². The maximum absolute atomic E-state index is 11.9. The van der Waals surface area contributed by atoms with Gasteiger partial charge in [0, 0.05) is 29.9 Å². The number of methoxy groups -OCH3 is 1. The van der Waals surface area contributed by atoms with Gasteiger partial charge in [-0.3, -0.25) is 9.78 Å². The lowest BCUT2D eigenvalue weighted by Gasteiger charge is -2.07. The molecule has 0 saturated carbocycles. The van der Waals surface area contributed by atoms with Crippen molar-refractivity contribution < 1.29 is 14.3 Å². The lowest BCUT2D eigenvalue weighted by atomic mass is 10.1. The number of hydrogen-bond donors (Lipinski definition) is 1. The normalized spacial score (nSPS) is 10.7. The molecule has 0 aliphatic rings. The number of anilines is 1. The maximum Gasteiger partial charge on any atom is 0.250 e. The van der Waals surface area contributed by atoms with E-state index in [1.807, 2.05) is 47.8 Å². The zero-order valence-electron chi connectivity index (χ0n) is 14.3. The highest BCUT2D eigenvalue weighted by atomic mass is 32.1. The topological polar surface area (TPSA) is 73.3 Å². The standard InChI is InChI=1S/C19H19N3O3S/c1-24-9-10-25-12-18(23)21-15-6-4-5-14(11-15)17-13-26-19(22-17)16-7-2-3-8-20-16/h2-8,11,13H,9-10,12H2,1H3,(H,21,23). The lowest BCUT2D eigenvalue weighted by molar-refractivity contribution is -0.121. The van der Waals surface area contributed by atoms with Gasteiger partial charge < -0.3 is 14.8 Å². The highest BCUT2D eigenvalue weighted by Crippen LogP contribution is 2.28. The Bertz CT molecular complexity index is 852. The predicted octanol–water partition coefficient (Wildman–Crippen LogP) is 3.47. The molecule has 0 aliphatic carbocycles. The van der Waals surface area contributed by atoms with Crippen LogP contribution >= 0.6 is 11.3 Å². The number of benzene rings is 1. The number of hydrogen-bond acceptors (Lipinski definition) is 6. The molecule has 134 valence electrons. The fourth-order valence-electron chi connectivity index (χ4n) is 2.27. The van der Waals surface area contributed by atoms with Gasteiger partial charge in [0.15, 0.2) is 0 Å². The van der Waals surface area contributed by atoms with Gasteiger partial charge in [-0.2, -0.15) is 0 Å². The summed E-state index contributed by atoms with van der Waals surface area (Å²) >= 11 is 1.54. The molecule has 0 fully saturated rings. The molecule has 0 spiro atoms. The number of carbonyl (C=O) groups is 1. The van der Waals surface area contributed by atoms with E-state index in [1.54, 1.807) is 24.6 Å². The largest absolute Gasteiger partial charge is 0.382 e. The van der Waals surface area contributed by atoms with Crippen LogP contribution in [-0.4, -0.2) is 42.8 Å². The summed E-state index contributed by atoms with van der Waals surface area (Å²) in [5.41, 5.74) is 3.33. The fraction of sp³-hybridized carbons (Fsp3) is 0.211. The van der Waals surface area contributed by atoms with Crippen molar-refractivity contribution in [1.82, 2.24) is 9.97 Å². The van der Waals surface area contributed by atoms with Crippen LogP contribution in [0.3, 0.4) is 0 Å². The van der Waals surface area contributed by atoms with Gasteiger partial charge in [-0.1, -0.05) is 18.2 Å². The van der Waals surface area contributed by atoms with E-state index in [2.05, 4.69) is 15.3 Å². The van der Waals surface area contributed by atoms with Gasteiger partial charge >= 0.3 is 0 Å². The number of amides is 1. The van der Waals surface area contributed by atoms with Gasteiger partial charge in [-0.15, -0.1) is 11.3 Å². The number of nitrogens with one attached hydrogen (secondary N) is 1. The number of aromatic nitrogens is 2. The van der Waals surface area contributed by atoms with E-state index in [0.29, 0.717) is 18.9 Å². The molecule has 1 N–H and O–H groups in total. The Morgan fingerprint density at radius 1 is 1.15 bits per heavy atom. The SMILES string of the molecule is COCCOCC(=O)Nc1cccc(-c2csc(-c3ccccn3)n2)c1. The molecule has 0 bridgehead atoms. The van der Waals surface area contributed by atoms with Crippen LogP contribution in [-0.2, 0) is 14.3 Å². The van der Waals surface area contributed by atoms with E-state index in [0.717, 1.165) is 22.0 Å². The van der Waals surface area contributed by atoms with Gasteiger partial charge in [-0.25, -0.2) is 4.98 Å². The first kappa shape index (κ1) is 18.2. The number of nitrogens with zero attached hydrogens (tertiary/aromatic N) is 2. The van der Waals surface area contributed by atoms with Crippen LogP contribution in [0.5, 0.6) is 0 Å². The molecule has 0 saturated heterocycles. The monoisotopic (exact) mass is 369 g/mol.